The van der Waals surface area contributed by atoms with Crippen molar-refractivity contribution in [3.63, 3.8) is 0 Å². The third kappa shape index (κ3) is 2.86. The molecular formula is C18H27N3S. The Kier molecular flexibility index (Phi) is 3.73. The number of nitrogens with one attached hydrogen (secondary N) is 2. The fourth-order valence-corrected chi connectivity index (χ4v) is 4.70. The van der Waals surface area contributed by atoms with Gasteiger partial charge in [-0.05, 0) is 79.9 Å². The van der Waals surface area contributed by atoms with E-state index in [0.717, 1.165) is 23.6 Å². The Labute approximate surface area is 139 Å². The van der Waals surface area contributed by atoms with Crippen LogP contribution in [-0.4, -0.2) is 10.8 Å². The van der Waals surface area contributed by atoms with E-state index >= 15 is 0 Å². The van der Waals surface area contributed by atoms with Crippen molar-refractivity contribution in [2.24, 2.45) is 11.3 Å². The number of thiocarbonyl (C=S) groups is 1. The summed E-state index contributed by atoms with van der Waals surface area (Å²) in [7, 11) is 0. The number of aryl methyl sites for hydroxylation is 2. The predicted octanol–water partition coefficient (Wildman–Crippen LogP) is 4.05. The Bertz CT molecular complexity index is 610. The second-order valence-corrected chi connectivity index (χ2v) is 8.47. The minimum Gasteiger partial charge on any atom is -0.342 e. The molecule has 120 valence electrons. The minimum atomic E-state index is -0.100. The smallest absolute Gasteiger partial charge is 0.189 e. The molecule has 2 fully saturated rings. The first-order chi connectivity index (χ1) is 10.2. The number of rotatable bonds is 1. The van der Waals surface area contributed by atoms with Crippen LogP contribution >= 0.6 is 12.2 Å². The molecule has 22 heavy (non-hydrogen) atoms. The van der Waals surface area contributed by atoms with E-state index in [1.165, 1.54) is 17.5 Å². The van der Waals surface area contributed by atoms with Crippen LogP contribution in [0.25, 0.3) is 0 Å². The Morgan fingerprint density at radius 1 is 1.18 bits per heavy atom. The Balaban J connectivity index is 1.88. The van der Waals surface area contributed by atoms with Gasteiger partial charge in [-0.15, -0.1) is 0 Å². The molecular weight excluding hydrogens is 290 g/mol. The standard InChI is InChI=1S/C18H27N3S/c1-12-9-17(4,5)11-18(10-12)19-16(22)21(20-18)15-7-6-13(2)14(3)8-15/h6-8,12,20H,9-11H2,1-5H3,(H,19,22)/t12-,18-/m0/s1. The minimum absolute atomic E-state index is 0.100. The van der Waals surface area contributed by atoms with E-state index in [4.69, 9.17) is 12.2 Å². The van der Waals surface area contributed by atoms with E-state index in [1.54, 1.807) is 0 Å². The van der Waals surface area contributed by atoms with Gasteiger partial charge in [0.1, 0.15) is 5.66 Å². The first-order valence-corrected chi connectivity index (χ1v) is 8.58. The molecule has 1 aliphatic heterocycles. The molecule has 3 nitrogen and oxygen atoms in total. The highest BCUT2D eigenvalue weighted by molar-refractivity contribution is 7.80. The van der Waals surface area contributed by atoms with Gasteiger partial charge in [-0.2, -0.15) is 0 Å². The van der Waals surface area contributed by atoms with Gasteiger partial charge < -0.3 is 5.32 Å². The van der Waals surface area contributed by atoms with E-state index in [9.17, 15) is 0 Å². The second kappa shape index (κ2) is 5.20. The van der Waals surface area contributed by atoms with Gasteiger partial charge in [0, 0.05) is 0 Å². The first-order valence-electron chi connectivity index (χ1n) is 8.17. The molecule has 1 heterocycles. The molecule has 0 aromatic heterocycles. The maximum absolute atomic E-state index is 5.62. The maximum Gasteiger partial charge on any atom is 0.189 e. The molecule has 2 atom stereocenters. The normalized spacial score (nSPS) is 30.7. The van der Waals surface area contributed by atoms with Crippen molar-refractivity contribution < 1.29 is 0 Å². The highest BCUT2D eigenvalue weighted by Crippen LogP contribution is 2.44. The molecule has 1 spiro atoms. The summed E-state index contributed by atoms with van der Waals surface area (Å²) in [6.07, 6.45) is 3.47. The molecule has 2 N–H and O–H groups in total. The van der Waals surface area contributed by atoms with Crippen LogP contribution in [-0.2, 0) is 0 Å². The molecule has 2 aliphatic rings. The number of hydrogen-bond acceptors (Lipinski definition) is 2. The number of hydrogen-bond donors (Lipinski definition) is 2. The number of benzene rings is 1. The molecule has 0 bridgehead atoms. The van der Waals surface area contributed by atoms with Gasteiger partial charge in [-0.25, -0.2) is 5.43 Å². The van der Waals surface area contributed by atoms with Crippen molar-refractivity contribution in [2.45, 2.75) is 59.5 Å². The summed E-state index contributed by atoms with van der Waals surface area (Å²) in [5.74, 6) is 0.686. The van der Waals surface area contributed by atoms with Crippen molar-refractivity contribution >= 4 is 23.0 Å². The summed E-state index contributed by atoms with van der Waals surface area (Å²) < 4.78 is 0. The van der Waals surface area contributed by atoms with Crippen molar-refractivity contribution in [1.29, 1.82) is 0 Å². The molecule has 0 unspecified atom stereocenters. The van der Waals surface area contributed by atoms with E-state index in [1.807, 2.05) is 0 Å². The van der Waals surface area contributed by atoms with Crippen molar-refractivity contribution in [2.75, 3.05) is 5.01 Å². The summed E-state index contributed by atoms with van der Waals surface area (Å²) in [5, 5.41) is 6.42. The van der Waals surface area contributed by atoms with Gasteiger partial charge in [0.15, 0.2) is 5.11 Å². The Hall–Kier alpha value is -1.13. The molecule has 0 amide bonds. The van der Waals surface area contributed by atoms with Crippen molar-refractivity contribution in [1.82, 2.24) is 10.7 Å². The summed E-state index contributed by atoms with van der Waals surface area (Å²) in [6, 6.07) is 6.50. The summed E-state index contributed by atoms with van der Waals surface area (Å²) in [6.45, 7) is 11.3. The molecule has 1 aromatic rings. The number of anilines is 1. The lowest BCUT2D eigenvalue weighted by Crippen LogP contribution is -2.57. The molecule has 1 saturated carbocycles. The molecule has 0 radical (unpaired) electrons. The van der Waals surface area contributed by atoms with Gasteiger partial charge in [0.05, 0.1) is 5.69 Å². The van der Waals surface area contributed by atoms with Gasteiger partial charge in [0.2, 0.25) is 0 Å². The second-order valence-electron chi connectivity index (χ2n) is 8.08. The summed E-state index contributed by atoms with van der Waals surface area (Å²) >= 11 is 5.62. The van der Waals surface area contributed by atoms with Crippen LogP contribution in [0.2, 0.25) is 0 Å². The predicted molar refractivity (Wildman–Crippen MR) is 96.8 cm³/mol. The lowest BCUT2D eigenvalue weighted by atomic mass is 9.68. The van der Waals surface area contributed by atoms with Crippen molar-refractivity contribution in [3.05, 3.63) is 29.3 Å². The first kappa shape index (κ1) is 15.8. The maximum atomic E-state index is 5.62. The molecule has 3 rings (SSSR count). The molecule has 1 saturated heterocycles. The lowest BCUT2D eigenvalue weighted by molar-refractivity contribution is 0.0828. The average molecular weight is 318 g/mol. The molecule has 4 heteroatoms. The zero-order valence-electron chi connectivity index (χ0n) is 14.3. The highest BCUT2D eigenvalue weighted by Gasteiger charge is 2.48. The van der Waals surface area contributed by atoms with E-state index in [0.29, 0.717) is 11.3 Å². The monoisotopic (exact) mass is 317 g/mol. The van der Waals surface area contributed by atoms with Gasteiger partial charge in [-0.1, -0.05) is 26.8 Å². The van der Waals surface area contributed by atoms with Crippen LogP contribution in [0.5, 0.6) is 0 Å². The fraction of sp³-hybridized carbons (Fsp3) is 0.611. The van der Waals surface area contributed by atoms with Gasteiger partial charge >= 0.3 is 0 Å². The summed E-state index contributed by atoms with van der Waals surface area (Å²) in [5.41, 5.74) is 7.63. The zero-order valence-corrected chi connectivity index (χ0v) is 15.1. The molecule has 1 aliphatic carbocycles. The highest BCUT2D eigenvalue weighted by atomic mass is 32.1. The topological polar surface area (TPSA) is 27.3 Å². The fourth-order valence-electron chi connectivity index (χ4n) is 4.35. The zero-order chi connectivity index (χ0) is 16.1. The van der Waals surface area contributed by atoms with E-state index in [-0.39, 0.29) is 5.66 Å². The Morgan fingerprint density at radius 2 is 1.91 bits per heavy atom. The quantitative estimate of drug-likeness (QED) is 0.764. The van der Waals surface area contributed by atoms with E-state index < -0.39 is 0 Å². The van der Waals surface area contributed by atoms with Crippen LogP contribution in [0, 0.1) is 25.2 Å². The summed E-state index contributed by atoms with van der Waals surface area (Å²) in [4.78, 5) is 0. The average Bonchev–Trinajstić information content (AvgIpc) is 2.66. The van der Waals surface area contributed by atoms with Crippen LogP contribution in [0.15, 0.2) is 18.2 Å². The lowest BCUT2D eigenvalue weighted by Gasteiger charge is -2.45. The van der Waals surface area contributed by atoms with Crippen molar-refractivity contribution in [3.8, 4) is 0 Å². The van der Waals surface area contributed by atoms with Gasteiger partial charge in [0.25, 0.3) is 0 Å². The SMILES string of the molecule is Cc1ccc(N2N[C@]3(C[C@@H](C)CC(C)(C)C3)NC2=S)cc1C. The number of nitrogens with zero attached hydrogens (tertiary/aromatic N) is 1. The van der Waals surface area contributed by atoms with E-state index in [2.05, 4.69) is 68.6 Å². The largest absolute Gasteiger partial charge is 0.342 e. The van der Waals surface area contributed by atoms with Crippen LogP contribution in [0.1, 0.15) is 51.2 Å². The van der Waals surface area contributed by atoms with Crippen LogP contribution in [0.4, 0.5) is 5.69 Å². The van der Waals surface area contributed by atoms with Crippen LogP contribution < -0.4 is 15.8 Å². The number of hydrazine groups is 1. The molecule has 1 aromatic carbocycles. The van der Waals surface area contributed by atoms with Crippen LogP contribution in [0.3, 0.4) is 0 Å². The third-order valence-corrected chi connectivity index (χ3v) is 5.29. The Morgan fingerprint density at radius 3 is 2.55 bits per heavy atom. The van der Waals surface area contributed by atoms with Gasteiger partial charge in [-0.3, -0.25) is 5.01 Å². The third-order valence-electron chi connectivity index (χ3n) is 5.00.